The van der Waals surface area contributed by atoms with Gasteiger partial charge < -0.3 is 20.4 Å². The minimum Gasteiger partial charge on any atom is -0.338 e. The number of carbonyl (C=O) groups is 1. The summed E-state index contributed by atoms with van der Waals surface area (Å²) in [5.74, 6) is 0.484. The summed E-state index contributed by atoms with van der Waals surface area (Å²) < 4.78 is 0. The van der Waals surface area contributed by atoms with Crippen molar-refractivity contribution in [3.63, 3.8) is 0 Å². The van der Waals surface area contributed by atoms with Crippen molar-refractivity contribution in [1.82, 2.24) is 9.80 Å². The number of urea groups is 1. The van der Waals surface area contributed by atoms with Crippen LogP contribution in [0.4, 0.5) is 16.2 Å². The number of anilines is 2. The van der Waals surface area contributed by atoms with E-state index in [1.165, 1.54) is 0 Å². The van der Waals surface area contributed by atoms with Crippen LogP contribution >= 0.6 is 0 Å². The second kappa shape index (κ2) is 10.7. The molecule has 3 aromatic carbocycles. The molecular formula is C28H30N6O. The molecule has 0 bridgehead atoms. The number of hydrogen-bond donors (Lipinski definition) is 2. The van der Waals surface area contributed by atoms with E-state index in [1.54, 1.807) is 0 Å². The first-order chi connectivity index (χ1) is 17.0. The molecule has 1 unspecified atom stereocenters. The van der Waals surface area contributed by atoms with Gasteiger partial charge in [-0.05, 0) is 55.2 Å². The highest BCUT2D eigenvalue weighted by atomic mass is 16.2. The van der Waals surface area contributed by atoms with Crippen molar-refractivity contribution < 1.29 is 4.79 Å². The van der Waals surface area contributed by atoms with Gasteiger partial charge in [-0.3, -0.25) is 0 Å². The number of nitrogens with zero attached hydrogens (tertiary/aromatic N) is 4. The first-order valence-corrected chi connectivity index (χ1v) is 11.7. The first kappa shape index (κ1) is 23.8. The normalized spacial score (nSPS) is 15.9. The lowest BCUT2D eigenvalue weighted by atomic mass is 10.0. The molecule has 35 heavy (non-hydrogen) atoms. The fraction of sp³-hybridized carbons (Fsp3) is 0.250. The number of nitriles is 1. The topological polar surface area (TPSA) is 83.8 Å². The highest BCUT2D eigenvalue weighted by molar-refractivity contribution is 5.95. The zero-order valence-corrected chi connectivity index (χ0v) is 20.3. The molecule has 0 aromatic heterocycles. The van der Waals surface area contributed by atoms with Gasteiger partial charge in [0.2, 0.25) is 12.2 Å². The van der Waals surface area contributed by atoms with Gasteiger partial charge in [0.05, 0.1) is 6.04 Å². The van der Waals surface area contributed by atoms with Crippen molar-refractivity contribution in [2.24, 2.45) is 4.99 Å². The van der Waals surface area contributed by atoms with E-state index in [4.69, 9.17) is 0 Å². The third kappa shape index (κ3) is 5.44. The molecule has 2 N–H and O–H groups in total. The van der Waals surface area contributed by atoms with Crippen molar-refractivity contribution in [3.8, 4) is 6.19 Å². The van der Waals surface area contributed by atoms with E-state index in [-0.39, 0.29) is 12.1 Å². The number of aryl methyl sites for hydroxylation is 2. The SMILES string of the molecule is Cc1ccccc1N/C(=N/C#N)N1CCN(C(=O)Nc2cccc(C)c2C)C(c2ccccc2)C1. The van der Waals surface area contributed by atoms with Crippen molar-refractivity contribution >= 4 is 23.4 Å². The van der Waals surface area contributed by atoms with E-state index in [1.807, 2.05) is 110 Å². The average Bonchev–Trinajstić information content (AvgIpc) is 2.88. The van der Waals surface area contributed by atoms with Crippen molar-refractivity contribution in [2.75, 3.05) is 30.3 Å². The summed E-state index contributed by atoms with van der Waals surface area (Å²) >= 11 is 0. The van der Waals surface area contributed by atoms with Gasteiger partial charge in [-0.25, -0.2) is 4.79 Å². The maximum absolute atomic E-state index is 13.5. The molecule has 7 heteroatoms. The Kier molecular flexibility index (Phi) is 7.32. The van der Waals surface area contributed by atoms with Crippen LogP contribution in [0.2, 0.25) is 0 Å². The molecule has 1 atom stereocenters. The minimum absolute atomic E-state index is 0.141. The number of hydrogen-bond acceptors (Lipinski definition) is 3. The fourth-order valence-electron chi connectivity index (χ4n) is 4.31. The number of benzene rings is 3. The monoisotopic (exact) mass is 466 g/mol. The van der Waals surface area contributed by atoms with Crippen molar-refractivity contribution in [1.29, 1.82) is 5.26 Å². The second-order valence-corrected chi connectivity index (χ2v) is 8.72. The maximum Gasteiger partial charge on any atom is 0.322 e. The summed E-state index contributed by atoms with van der Waals surface area (Å²) in [5.41, 5.74) is 5.99. The molecule has 0 saturated carbocycles. The molecule has 178 valence electrons. The lowest BCUT2D eigenvalue weighted by Crippen LogP contribution is -2.54. The number of amides is 2. The van der Waals surface area contributed by atoms with Crippen LogP contribution in [0, 0.1) is 32.2 Å². The molecule has 2 amide bonds. The van der Waals surface area contributed by atoms with Crippen LogP contribution in [-0.2, 0) is 0 Å². The lowest BCUT2D eigenvalue weighted by Gasteiger charge is -2.42. The van der Waals surface area contributed by atoms with Gasteiger partial charge in [0.15, 0.2) is 0 Å². The van der Waals surface area contributed by atoms with Crippen LogP contribution in [0.5, 0.6) is 0 Å². The van der Waals surface area contributed by atoms with Gasteiger partial charge in [-0.1, -0.05) is 60.7 Å². The molecule has 0 radical (unpaired) electrons. The molecule has 1 aliphatic rings. The van der Waals surface area contributed by atoms with Crippen LogP contribution < -0.4 is 10.6 Å². The Balaban J connectivity index is 1.60. The Labute approximate surface area is 206 Å². The minimum atomic E-state index is -0.211. The molecule has 0 aliphatic carbocycles. The number of guanidine groups is 1. The van der Waals surface area contributed by atoms with E-state index in [9.17, 15) is 10.1 Å². The van der Waals surface area contributed by atoms with Crippen LogP contribution in [-0.4, -0.2) is 41.4 Å². The van der Waals surface area contributed by atoms with Gasteiger partial charge >= 0.3 is 6.03 Å². The number of carbonyl (C=O) groups excluding carboxylic acids is 1. The van der Waals surface area contributed by atoms with E-state index in [0.717, 1.165) is 33.6 Å². The van der Waals surface area contributed by atoms with E-state index < -0.39 is 0 Å². The van der Waals surface area contributed by atoms with E-state index in [2.05, 4.69) is 15.6 Å². The molecule has 1 heterocycles. The van der Waals surface area contributed by atoms with Crippen molar-refractivity contribution in [2.45, 2.75) is 26.8 Å². The van der Waals surface area contributed by atoms with Crippen LogP contribution in [0.1, 0.15) is 28.3 Å². The summed E-state index contributed by atoms with van der Waals surface area (Å²) in [6, 6.07) is 23.4. The number of nitrogens with one attached hydrogen (secondary N) is 2. The summed E-state index contributed by atoms with van der Waals surface area (Å²) in [6.45, 7) is 7.59. The predicted octanol–water partition coefficient (Wildman–Crippen LogP) is 5.45. The standard InChI is InChI=1S/C28H30N6O/c1-20-11-9-15-25(22(20)3)32-28(35)34-17-16-33(18-26(34)23-12-5-4-6-13-23)27(30-19-29)31-24-14-8-7-10-21(24)2/h4-15,26H,16-18H2,1-3H3,(H,30,31)(H,32,35). The highest BCUT2D eigenvalue weighted by Gasteiger charge is 2.33. The zero-order chi connectivity index (χ0) is 24.8. The smallest absolute Gasteiger partial charge is 0.322 e. The molecule has 1 fully saturated rings. The fourth-order valence-corrected chi connectivity index (χ4v) is 4.31. The summed E-state index contributed by atoms with van der Waals surface area (Å²) in [6.07, 6.45) is 1.93. The Morgan fingerprint density at radius 1 is 0.886 bits per heavy atom. The number of rotatable bonds is 3. The Hall–Kier alpha value is -4.31. The van der Waals surface area contributed by atoms with Gasteiger partial charge in [-0.15, -0.1) is 4.99 Å². The second-order valence-electron chi connectivity index (χ2n) is 8.72. The van der Waals surface area contributed by atoms with Gasteiger partial charge in [0.1, 0.15) is 0 Å². The van der Waals surface area contributed by atoms with Gasteiger partial charge in [-0.2, -0.15) is 5.26 Å². The average molecular weight is 467 g/mol. The molecule has 7 nitrogen and oxygen atoms in total. The summed E-state index contributed by atoms with van der Waals surface area (Å²) in [7, 11) is 0. The third-order valence-corrected chi connectivity index (χ3v) is 6.52. The zero-order valence-electron chi connectivity index (χ0n) is 20.3. The molecule has 3 aromatic rings. The van der Waals surface area contributed by atoms with E-state index in [0.29, 0.717) is 25.6 Å². The molecular weight excluding hydrogens is 436 g/mol. The van der Waals surface area contributed by atoms with Crippen LogP contribution in [0.25, 0.3) is 0 Å². The van der Waals surface area contributed by atoms with Gasteiger partial charge in [0.25, 0.3) is 0 Å². The summed E-state index contributed by atoms with van der Waals surface area (Å²) in [4.78, 5) is 21.4. The van der Waals surface area contributed by atoms with Crippen LogP contribution in [0.3, 0.4) is 0 Å². The molecule has 4 rings (SSSR count). The number of piperazine rings is 1. The third-order valence-electron chi connectivity index (χ3n) is 6.52. The predicted molar refractivity (Wildman–Crippen MR) is 140 cm³/mol. The Morgan fingerprint density at radius 2 is 1.57 bits per heavy atom. The molecule has 1 aliphatic heterocycles. The number of para-hydroxylation sites is 1. The van der Waals surface area contributed by atoms with Crippen LogP contribution in [0.15, 0.2) is 77.8 Å². The van der Waals surface area contributed by atoms with E-state index >= 15 is 0 Å². The van der Waals surface area contributed by atoms with Crippen molar-refractivity contribution in [3.05, 3.63) is 95.1 Å². The summed E-state index contributed by atoms with van der Waals surface area (Å²) in [5, 5.41) is 15.8. The highest BCUT2D eigenvalue weighted by Crippen LogP contribution is 2.28. The first-order valence-electron chi connectivity index (χ1n) is 11.7. The molecule has 1 saturated heterocycles. The Bertz CT molecular complexity index is 1260. The lowest BCUT2D eigenvalue weighted by molar-refractivity contribution is 0.136. The largest absolute Gasteiger partial charge is 0.338 e. The molecule has 0 spiro atoms. The number of aliphatic imine (C=N–C) groups is 1. The van der Waals surface area contributed by atoms with Gasteiger partial charge in [0, 0.05) is 31.0 Å². The maximum atomic E-state index is 13.5. The Morgan fingerprint density at radius 3 is 2.31 bits per heavy atom. The quantitative estimate of drug-likeness (QED) is 0.305.